The molecule has 0 aliphatic rings. The maximum absolute atomic E-state index is 5.84. The number of methoxy groups -OCH3 is 1. The van der Waals surface area contributed by atoms with Crippen molar-refractivity contribution in [1.29, 1.82) is 0 Å². The van der Waals surface area contributed by atoms with E-state index in [0.717, 1.165) is 16.5 Å². The first-order valence-electron chi connectivity index (χ1n) is 6.31. The molecule has 1 aromatic heterocycles. The summed E-state index contributed by atoms with van der Waals surface area (Å²) in [5.74, 6) is 1.37. The number of aromatic nitrogens is 2. The molecule has 100 valence electrons. The SMILES string of the molecule is COc1cc2ncncc2cc1OCc1ccccc1. The van der Waals surface area contributed by atoms with Gasteiger partial charge in [0.25, 0.3) is 0 Å². The van der Waals surface area contributed by atoms with Gasteiger partial charge in [-0.1, -0.05) is 30.3 Å². The van der Waals surface area contributed by atoms with E-state index in [-0.39, 0.29) is 0 Å². The second-order valence-corrected chi connectivity index (χ2v) is 4.36. The van der Waals surface area contributed by atoms with Crippen LogP contribution in [0.2, 0.25) is 0 Å². The molecule has 4 nitrogen and oxygen atoms in total. The van der Waals surface area contributed by atoms with Crippen molar-refractivity contribution in [2.75, 3.05) is 7.11 Å². The van der Waals surface area contributed by atoms with Gasteiger partial charge in [-0.3, -0.25) is 0 Å². The van der Waals surface area contributed by atoms with Crippen LogP contribution in [0.3, 0.4) is 0 Å². The first kappa shape index (κ1) is 12.4. The fourth-order valence-corrected chi connectivity index (χ4v) is 2.00. The Bertz CT molecular complexity index is 714. The number of rotatable bonds is 4. The summed E-state index contributed by atoms with van der Waals surface area (Å²) < 4.78 is 11.2. The lowest BCUT2D eigenvalue weighted by atomic mass is 10.2. The minimum absolute atomic E-state index is 0.496. The van der Waals surface area contributed by atoms with Crippen LogP contribution < -0.4 is 9.47 Å². The molecule has 20 heavy (non-hydrogen) atoms. The number of nitrogens with zero attached hydrogens (tertiary/aromatic N) is 2. The molecule has 3 rings (SSSR count). The lowest BCUT2D eigenvalue weighted by molar-refractivity contribution is 0.285. The summed E-state index contributed by atoms with van der Waals surface area (Å²) in [5.41, 5.74) is 1.95. The molecule has 0 saturated carbocycles. The molecule has 0 amide bonds. The summed E-state index contributed by atoms with van der Waals surface area (Å²) in [6, 6.07) is 13.8. The first-order chi connectivity index (χ1) is 9.86. The molecular formula is C16H14N2O2. The van der Waals surface area contributed by atoms with Gasteiger partial charge < -0.3 is 9.47 Å². The molecule has 0 unspecified atom stereocenters. The maximum atomic E-state index is 5.84. The molecule has 0 radical (unpaired) electrons. The van der Waals surface area contributed by atoms with Gasteiger partial charge in [0, 0.05) is 17.6 Å². The Morgan fingerprint density at radius 2 is 1.90 bits per heavy atom. The van der Waals surface area contributed by atoms with Gasteiger partial charge in [-0.05, 0) is 11.6 Å². The quantitative estimate of drug-likeness (QED) is 0.727. The van der Waals surface area contributed by atoms with Crippen molar-refractivity contribution >= 4 is 10.9 Å². The fraction of sp³-hybridized carbons (Fsp3) is 0.125. The zero-order valence-electron chi connectivity index (χ0n) is 11.1. The van der Waals surface area contributed by atoms with Crippen molar-refractivity contribution in [3.63, 3.8) is 0 Å². The minimum Gasteiger partial charge on any atom is -0.493 e. The van der Waals surface area contributed by atoms with Gasteiger partial charge in [0.2, 0.25) is 0 Å². The summed E-state index contributed by atoms with van der Waals surface area (Å²) in [7, 11) is 1.62. The predicted octanol–water partition coefficient (Wildman–Crippen LogP) is 3.22. The largest absolute Gasteiger partial charge is 0.493 e. The third-order valence-electron chi connectivity index (χ3n) is 3.03. The Kier molecular flexibility index (Phi) is 3.46. The maximum Gasteiger partial charge on any atom is 0.162 e. The number of benzene rings is 2. The Labute approximate surface area is 117 Å². The second kappa shape index (κ2) is 5.57. The average molecular weight is 266 g/mol. The van der Waals surface area contributed by atoms with E-state index in [0.29, 0.717) is 18.1 Å². The van der Waals surface area contributed by atoms with E-state index in [9.17, 15) is 0 Å². The van der Waals surface area contributed by atoms with Crippen LogP contribution in [0.25, 0.3) is 10.9 Å². The molecule has 0 aliphatic heterocycles. The van der Waals surface area contributed by atoms with Crippen LogP contribution >= 0.6 is 0 Å². The van der Waals surface area contributed by atoms with E-state index in [1.807, 2.05) is 42.5 Å². The molecule has 4 heteroatoms. The number of ether oxygens (including phenoxy) is 2. The van der Waals surface area contributed by atoms with E-state index in [1.54, 1.807) is 13.3 Å². The second-order valence-electron chi connectivity index (χ2n) is 4.36. The van der Waals surface area contributed by atoms with Gasteiger partial charge >= 0.3 is 0 Å². The molecule has 0 spiro atoms. The van der Waals surface area contributed by atoms with Crippen LogP contribution in [0.1, 0.15) is 5.56 Å². The van der Waals surface area contributed by atoms with E-state index in [4.69, 9.17) is 9.47 Å². The zero-order valence-corrected chi connectivity index (χ0v) is 11.1. The summed E-state index contributed by atoms with van der Waals surface area (Å²) in [4.78, 5) is 8.22. The summed E-state index contributed by atoms with van der Waals surface area (Å²) in [5, 5.41) is 0.927. The Hall–Kier alpha value is -2.62. The molecule has 0 atom stereocenters. The molecule has 1 heterocycles. The average Bonchev–Trinajstić information content (AvgIpc) is 2.53. The van der Waals surface area contributed by atoms with Crippen LogP contribution in [0, 0.1) is 0 Å². The van der Waals surface area contributed by atoms with Crippen molar-refractivity contribution in [2.45, 2.75) is 6.61 Å². The molecule has 0 saturated heterocycles. The minimum atomic E-state index is 0.496. The highest BCUT2D eigenvalue weighted by Gasteiger charge is 2.08. The molecule has 0 aliphatic carbocycles. The lowest BCUT2D eigenvalue weighted by Gasteiger charge is -2.11. The Morgan fingerprint density at radius 1 is 1.05 bits per heavy atom. The number of hydrogen-bond acceptors (Lipinski definition) is 4. The van der Waals surface area contributed by atoms with Crippen LogP contribution in [0.4, 0.5) is 0 Å². The summed E-state index contributed by atoms with van der Waals surface area (Å²) in [6.07, 6.45) is 3.28. The first-order valence-corrected chi connectivity index (χ1v) is 6.31. The van der Waals surface area contributed by atoms with Gasteiger partial charge in [-0.25, -0.2) is 9.97 Å². The highest BCUT2D eigenvalue weighted by atomic mass is 16.5. The summed E-state index contributed by atoms with van der Waals surface area (Å²) >= 11 is 0. The van der Waals surface area contributed by atoms with E-state index in [2.05, 4.69) is 9.97 Å². The third-order valence-corrected chi connectivity index (χ3v) is 3.03. The van der Waals surface area contributed by atoms with E-state index in [1.165, 1.54) is 6.33 Å². The molecule has 0 N–H and O–H groups in total. The van der Waals surface area contributed by atoms with Crippen LogP contribution in [0.5, 0.6) is 11.5 Å². The van der Waals surface area contributed by atoms with Gasteiger partial charge in [0.1, 0.15) is 12.9 Å². The summed E-state index contributed by atoms with van der Waals surface area (Å²) in [6.45, 7) is 0.496. The highest BCUT2D eigenvalue weighted by Crippen LogP contribution is 2.31. The van der Waals surface area contributed by atoms with Crippen molar-refractivity contribution < 1.29 is 9.47 Å². The van der Waals surface area contributed by atoms with Crippen molar-refractivity contribution in [2.24, 2.45) is 0 Å². The van der Waals surface area contributed by atoms with Gasteiger partial charge in [0.05, 0.1) is 12.6 Å². The van der Waals surface area contributed by atoms with Crippen LogP contribution in [-0.2, 0) is 6.61 Å². The van der Waals surface area contributed by atoms with Gasteiger partial charge in [0.15, 0.2) is 11.5 Å². The van der Waals surface area contributed by atoms with Crippen LogP contribution in [0.15, 0.2) is 55.0 Å². The number of hydrogen-bond donors (Lipinski definition) is 0. The normalized spacial score (nSPS) is 10.4. The van der Waals surface area contributed by atoms with Crippen molar-refractivity contribution in [1.82, 2.24) is 9.97 Å². The molecular weight excluding hydrogens is 252 g/mol. The molecule has 2 aromatic carbocycles. The van der Waals surface area contributed by atoms with E-state index < -0.39 is 0 Å². The molecule has 3 aromatic rings. The third kappa shape index (κ3) is 2.54. The standard InChI is InChI=1S/C16H14N2O2/c1-19-15-8-14-13(9-17-11-18-14)7-16(15)20-10-12-5-3-2-4-6-12/h2-9,11H,10H2,1H3. The predicted molar refractivity (Wildman–Crippen MR) is 76.9 cm³/mol. The molecule has 0 bridgehead atoms. The highest BCUT2D eigenvalue weighted by molar-refractivity contribution is 5.81. The van der Waals surface area contributed by atoms with Crippen molar-refractivity contribution in [3.05, 3.63) is 60.6 Å². The van der Waals surface area contributed by atoms with Crippen LogP contribution in [-0.4, -0.2) is 17.1 Å². The number of fused-ring (bicyclic) bond motifs is 1. The lowest BCUT2D eigenvalue weighted by Crippen LogP contribution is -1.98. The fourth-order valence-electron chi connectivity index (χ4n) is 2.00. The topological polar surface area (TPSA) is 44.2 Å². The Morgan fingerprint density at radius 3 is 2.70 bits per heavy atom. The van der Waals surface area contributed by atoms with Gasteiger partial charge in [-0.15, -0.1) is 0 Å². The van der Waals surface area contributed by atoms with Crippen molar-refractivity contribution in [3.8, 4) is 11.5 Å². The monoisotopic (exact) mass is 266 g/mol. The molecule has 0 fully saturated rings. The Balaban J connectivity index is 1.90. The smallest absolute Gasteiger partial charge is 0.162 e. The zero-order chi connectivity index (χ0) is 13.8. The van der Waals surface area contributed by atoms with E-state index >= 15 is 0 Å². The van der Waals surface area contributed by atoms with Gasteiger partial charge in [-0.2, -0.15) is 0 Å².